The van der Waals surface area contributed by atoms with Crippen LogP contribution in [0.2, 0.25) is 0 Å². The van der Waals surface area contributed by atoms with Gasteiger partial charge in [-0.05, 0) is 30.9 Å². The molecule has 1 unspecified atom stereocenters. The average molecular weight is 314 g/mol. The van der Waals surface area contributed by atoms with Crippen LogP contribution in [-0.4, -0.2) is 39.1 Å². The van der Waals surface area contributed by atoms with Gasteiger partial charge in [-0.25, -0.2) is 0 Å². The summed E-state index contributed by atoms with van der Waals surface area (Å²) in [4.78, 5) is 2.32. The van der Waals surface area contributed by atoms with Crippen molar-refractivity contribution < 1.29 is 0 Å². The molecule has 2 aromatic heterocycles. The van der Waals surface area contributed by atoms with Crippen LogP contribution in [0.4, 0.5) is 5.82 Å². The molecule has 0 aliphatic carbocycles. The largest absolute Gasteiger partial charge is 0.354 e. The van der Waals surface area contributed by atoms with Crippen molar-refractivity contribution >= 4 is 5.82 Å². The van der Waals surface area contributed by atoms with Crippen LogP contribution in [0.25, 0.3) is 0 Å². The first-order valence-electron chi connectivity index (χ1n) is 8.42. The van der Waals surface area contributed by atoms with Gasteiger partial charge in [-0.15, -0.1) is 5.10 Å². The van der Waals surface area contributed by atoms with Crippen molar-refractivity contribution in [2.45, 2.75) is 45.2 Å². The molecule has 3 heterocycles. The third-order valence-corrected chi connectivity index (χ3v) is 4.37. The number of aromatic nitrogens is 4. The summed E-state index contributed by atoms with van der Waals surface area (Å²) in [6, 6.07) is 4.46. The molecule has 1 aliphatic rings. The van der Waals surface area contributed by atoms with Crippen molar-refractivity contribution in [3.8, 4) is 0 Å². The van der Waals surface area contributed by atoms with Crippen molar-refractivity contribution in [3.63, 3.8) is 0 Å². The number of nitrogens with one attached hydrogen (secondary N) is 1. The van der Waals surface area contributed by atoms with Crippen LogP contribution in [0, 0.1) is 0 Å². The van der Waals surface area contributed by atoms with E-state index in [1.165, 1.54) is 24.1 Å². The first-order valence-corrected chi connectivity index (χ1v) is 8.42. The molecule has 1 saturated heterocycles. The third-order valence-electron chi connectivity index (χ3n) is 4.37. The number of piperidine rings is 1. The molecule has 1 aliphatic heterocycles. The first-order chi connectivity index (χ1) is 11.1. The van der Waals surface area contributed by atoms with Crippen molar-refractivity contribution in [1.82, 2.24) is 25.3 Å². The second-order valence-electron chi connectivity index (χ2n) is 6.62. The Balaban J connectivity index is 1.60. The van der Waals surface area contributed by atoms with Crippen LogP contribution < -0.4 is 10.2 Å². The lowest BCUT2D eigenvalue weighted by Crippen LogP contribution is -2.45. The van der Waals surface area contributed by atoms with Gasteiger partial charge >= 0.3 is 0 Å². The number of aryl methyl sites for hydroxylation is 1. The van der Waals surface area contributed by atoms with Gasteiger partial charge in [0.15, 0.2) is 5.82 Å². The fourth-order valence-corrected chi connectivity index (χ4v) is 3.25. The van der Waals surface area contributed by atoms with Gasteiger partial charge in [0.2, 0.25) is 0 Å². The predicted molar refractivity (Wildman–Crippen MR) is 91.4 cm³/mol. The standard InChI is InChI=1S/C17H26N6/c1-13(2)17-14(11-22(3)21-17)10-18-15-6-5-9-23(12-15)16-7-4-8-19-20-16/h4,7-8,11,13,15,18H,5-6,9-10,12H2,1-3H3. The van der Waals surface area contributed by atoms with Gasteiger partial charge in [-0.3, -0.25) is 4.68 Å². The Morgan fingerprint density at radius 3 is 3.00 bits per heavy atom. The normalized spacial score (nSPS) is 18.6. The fraction of sp³-hybridized carbons (Fsp3) is 0.588. The lowest BCUT2D eigenvalue weighted by Gasteiger charge is -2.33. The van der Waals surface area contributed by atoms with E-state index in [0.717, 1.165) is 25.5 Å². The summed E-state index contributed by atoms with van der Waals surface area (Å²) in [6.45, 7) is 7.31. The second kappa shape index (κ2) is 7.08. The van der Waals surface area contributed by atoms with Gasteiger partial charge < -0.3 is 10.2 Å². The molecule has 23 heavy (non-hydrogen) atoms. The van der Waals surface area contributed by atoms with E-state index in [-0.39, 0.29) is 0 Å². The third kappa shape index (κ3) is 3.88. The molecule has 0 saturated carbocycles. The first kappa shape index (κ1) is 15.9. The SMILES string of the molecule is CC(C)c1nn(C)cc1CNC1CCCN(c2cccnn2)C1. The summed E-state index contributed by atoms with van der Waals surface area (Å²) in [5.41, 5.74) is 2.50. The highest BCUT2D eigenvalue weighted by molar-refractivity contribution is 5.37. The van der Waals surface area contributed by atoms with Gasteiger partial charge in [0.1, 0.15) is 0 Å². The van der Waals surface area contributed by atoms with Crippen LogP contribution in [0.1, 0.15) is 43.9 Å². The number of rotatable bonds is 5. The zero-order valence-electron chi connectivity index (χ0n) is 14.2. The summed E-state index contributed by atoms with van der Waals surface area (Å²) in [6.07, 6.45) is 6.23. The highest BCUT2D eigenvalue weighted by Crippen LogP contribution is 2.19. The topological polar surface area (TPSA) is 58.9 Å². The zero-order chi connectivity index (χ0) is 16.2. The van der Waals surface area contributed by atoms with E-state index in [1.54, 1.807) is 6.20 Å². The minimum Gasteiger partial charge on any atom is -0.354 e. The highest BCUT2D eigenvalue weighted by Gasteiger charge is 2.21. The van der Waals surface area contributed by atoms with E-state index in [4.69, 9.17) is 0 Å². The molecule has 6 nitrogen and oxygen atoms in total. The van der Waals surface area contributed by atoms with Gasteiger partial charge in [0.05, 0.1) is 5.69 Å². The Labute approximate surface area is 137 Å². The van der Waals surface area contributed by atoms with Gasteiger partial charge in [-0.1, -0.05) is 13.8 Å². The lowest BCUT2D eigenvalue weighted by atomic mass is 10.0. The van der Waals surface area contributed by atoms with Crippen LogP contribution in [0.3, 0.4) is 0 Å². The Morgan fingerprint density at radius 2 is 2.26 bits per heavy atom. The second-order valence-corrected chi connectivity index (χ2v) is 6.62. The maximum absolute atomic E-state index is 4.58. The summed E-state index contributed by atoms with van der Waals surface area (Å²) in [5, 5.41) is 16.5. The van der Waals surface area contributed by atoms with E-state index in [1.807, 2.05) is 23.9 Å². The molecule has 124 valence electrons. The summed E-state index contributed by atoms with van der Waals surface area (Å²) < 4.78 is 1.92. The molecular formula is C17H26N6. The quantitative estimate of drug-likeness (QED) is 0.916. The minimum atomic E-state index is 0.454. The maximum atomic E-state index is 4.58. The van der Waals surface area contributed by atoms with E-state index in [9.17, 15) is 0 Å². The molecule has 3 rings (SSSR count). The summed E-state index contributed by atoms with van der Waals surface area (Å²) in [7, 11) is 1.99. The molecule has 1 atom stereocenters. The van der Waals surface area contributed by atoms with E-state index < -0.39 is 0 Å². The Hall–Kier alpha value is -1.95. The van der Waals surface area contributed by atoms with Crippen molar-refractivity contribution in [1.29, 1.82) is 0 Å². The van der Waals surface area contributed by atoms with Gasteiger partial charge in [0, 0.05) is 50.7 Å². The van der Waals surface area contributed by atoms with E-state index in [0.29, 0.717) is 12.0 Å². The molecule has 0 amide bonds. The molecule has 0 aromatic carbocycles. The van der Waals surface area contributed by atoms with Crippen LogP contribution in [0.15, 0.2) is 24.5 Å². The molecule has 6 heteroatoms. The molecular weight excluding hydrogens is 288 g/mol. The molecule has 0 spiro atoms. The Bertz CT molecular complexity index is 621. The Kier molecular flexibility index (Phi) is 4.91. The van der Waals surface area contributed by atoms with Crippen molar-refractivity contribution in [3.05, 3.63) is 35.8 Å². The zero-order valence-corrected chi connectivity index (χ0v) is 14.2. The van der Waals surface area contributed by atoms with Gasteiger partial charge in [-0.2, -0.15) is 10.2 Å². The smallest absolute Gasteiger partial charge is 0.151 e. The fourth-order valence-electron chi connectivity index (χ4n) is 3.25. The number of hydrogen-bond donors (Lipinski definition) is 1. The molecule has 0 radical (unpaired) electrons. The summed E-state index contributed by atoms with van der Waals surface area (Å²) >= 11 is 0. The van der Waals surface area contributed by atoms with Crippen molar-refractivity contribution in [2.24, 2.45) is 7.05 Å². The average Bonchev–Trinajstić information content (AvgIpc) is 2.95. The molecule has 2 aromatic rings. The van der Waals surface area contributed by atoms with Crippen LogP contribution >= 0.6 is 0 Å². The molecule has 1 N–H and O–H groups in total. The number of hydrogen-bond acceptors (Lipinski definition) is 5. The minimum absolute atomic E-state index is 0.454. The van der Waals surface area contributed by atoms with E-state index >= 15 is 0 Å². The number of nitrogens with zero attached hydrogens (tertiary/aromatic N) is 5. The van der Waals surface area contributed by atoms with Gasteiger partial charge in [0.25, 0.3) is 0 Å². The highest BCUT2D eigenvalue weighted by atomic mass is 15.3. The van der Waals surface area contributed by atoms with E-state index in [2.05, 4.69) is 45.6 Å². The predicted octanol–water partition coefficient (Wildman–Crippen LogP) is 2.09. The maximum Gasteiger partial charge on any atom is 0.151 e. The van der Waals surface area contributed by atoms with Crippen LogP contribution in [-0.2, 0) is 13.6 Å². The van der Waals surface area contributed by atoms with Crippen LogP contribution in [0.5, 0.6) is 0 Å². The molecule has 0 bridgehead atoms. The summed E-state index contributed by atoms with van der Waals surface area (Å²) in [5.74, 6) is 1.43. The van der Waals surface area contributed by atoms with Crippen molar-refractivity contribution in [2.75, 3.05) is 18.0 Å². The number of anilines is 1. The lowest BCUT2D eigenvalue weighted by molar-refractivity contribution is 0.418. The Morgan fingerprint density at radius 1 is 1.39 bits per heavy atom. The monoisotopic (exact) mass is 314 g/mol. The molecule has 1 fully saturated rings.